The van der Waals surface area contributed by atoms with Gasteiger partial charge in [0, 0.05) is 5.02 Å². The fraction of sp³-hybridized carbons (Fsp3) is 0.444. The summed E-state index contributed by atoms with van der Waals surface area (Å²) in [4.78, 5) is 27.6. The molecule has 3 fully saturated rings. The normalized spacial score (nSPS) is 39.7. The van der Waals surface area contributed by atoms with E-state index in [1.54, 1.807) is 24.3 Å². The number of carbonyl (C=O) groups is 2. The van der Waals surface area contributed by atoms with E-state index in [2.05, 4.69) is 0 Å². The van der Waals surface area contributed by atoms with Crippen LogP contribution in [0.1, 0.15) is 6.92 Å². The molecule has 4 aliphatic heterocycles. The van der Waals surface area contributed by atoms with Crippen molar-refractivity contribution >= 4 is 29.1 Å². The molecule has 0 radical (unpaired) electrons. The topological polar surface area (TPSA) is 65.1 Å². The Labute approximate surface area is 149 Å². The molecular weight excluding hydrogens is 346 g/mol. The van der Waals surface area contributed by atoms with Crippen LogP contribution in [0, 0.1) is 11.8 Å². The molecule has 4 atom stereocenters. The third-order valence-electron chi connectivity index (χ3n) is 5.56. The van der Waals surface area contributed by atoms with Gasteiger partial charge in [-0.1, -0.05) is 17.7 Å². The fourth-order valence-corrected chi connectivity index (χ4v) is 4.64. The number of nitrogens with zero attached hydrogens (tertiary/aromatic N) is 1. The van der Waals surface area contributed by atoms with E-state index in [-0.39, 0.29) is 11.8 Å². The summed E-state index contributed by atoms with van der Waals surface area (Å²) >= 11 is 5.92. The van der Waals surface area contributed by atoms with E-state index in [1.807, 2.05) is 19.1 Å². The van der Waals surface area contributed by atoms with Gasteiger partial charge in [0.05, 0.1) is 36.3 Å². The summed E-state index contributed by atoms with van der Waals surface area (Å²) in [5.74, 6) is -1.80. The second-order valence-corrected chi connectivity index (χ2v) is 7.43. The van der Waals surface area contributed by atoms with Crippen molar-refractivity contribution in [2.24, 2.45) is 11.8 Å². The lowest BCUT2D eigenvalue weighted by Crippen LogP contribution is -2.49. The van der Waals surface area contributed by atoms with Crippen molar-refractivity contribution in [3.63, 3.8) is 0 Å². The molecule has 25 heavy (non-hydrogen) atoms. The number of amides is 2. The average molecular weight is 362 g/mol. The zero-order valence-electron chi connectivity index (χ0n) is 13.5. The van der Waals surface area contributed by atoms with E-state index < -0.39 is 29.3 Å². The highest BCUT2D eigenvalue weighted by atomic mass is 35.5. The molecule has 0 spiro atoms. The molecule has 6 nitrogen and oxygen atoms in total. The summed E-state index contributed by atoms with van der Waals surface area (Å²) in [5, 5.41) is 0.546. The molecule has 0 saturated carbocycles. The van der Waals surface area contributed by atoms with Crippen molar-refractivity contribution in [1.29, 1.82) is 0 Å². The summed E-state index contributed by atoms with van der Waals surface area (Å²) in [7, 11) is 0. The SMILES string of the molecule is C[C@]12C=C[C@](C3OCCO3)(O1)[C@H]1C(=O)N(c3ccc(Cl)cc3)C(=O)[C@@H]12. The van der Waals surface area contributed by atoms with Crippen LogP contribution in [0.15, 0.2) is 36.4 Å². The summed E-state index contributed by atoms with van der Waals surface area (Å²) < 4.78 is 17.5. The number of imide groups is 1. The highest BCUT2D eigenvalue weighted by molar-refractivity contribution is 6.31. The highest BCUT2D eigenvalue weighted by Gasteiger charge is 2.75. The molecule has 130 valence electrons. The standard InChI is InChI=1S/C18H16ClNO5/c1-17-6-7-18(25-17,16-23-8-9-24-16)13-12(17)14(21)20(15(13)22)11-4-2-10(19)3-5-11/h2-7,12-13,16H,8-9H2,1H3/t12-,13-,17-,18+/m1/s1. The lowest BCUT2D eigenvalue weighted by Gasteiger charge is -2.32. The molecular formula is C18H16ClNO5. The number of hydrogen-bond acceptors (Lipinski definition) is 5. The maximum Gasteiger partial charge on any atom is 0.241 e. The van der Waals surface area contributed by atoms with Crippen LogP contribution >= 0.6 is 11.6 Å². The number of anilines is 1. The van der Waals surface area contributed by atoms with Gasteiger partial charge >= 0.3 is 0 Å². The second kappa shape index (κ2) is 4.92. The van der Waals surface area contributed by atoms with E-state index in [0.717, 1.165) is 0 Å². The van der Waals surface area contributed by atoms with Gasteiger partial charge in [-0.25, -0.2) is 4.90 Å². The predicted octanol–water partition coefficient (Wildman–Crippen LogP) is 1.92. The summed E-state index contributed by atoms with van der Waals surface area (Å²) in [6.07, 6.45) is 3.01. The molecule has 1 aromatic rings. The van der Waals surface area contributed by atoms with Crippen molar-refractivity contribution in [3.05, 3.63) is 41.4 Å². The molecule has 0 aromatic heterocycles. The zero-order valence-corrected chi connectivity index (χ0v) is 14.2. The number of rotatable bonds is 2. The Bertz CT molecular complexity index is 802. The molecule has 5 rings (SSSR count). The third kappa shape index (κ3) is 1.85. The van der Waals surface area contributed by atoms with Crippen LogP contribution in [0.5, 0.6) is 0 Å². The minimum atomic E-state index is -1.05. The molecule has 0 aliphatic carbocycles. The van der Waals surface area contributed by atoms with Gasteiger partial charge in [0.2, 0.25) is 11.8 Å². The maximum atomic E-state index is 13.2. The minimum Gasteiger partial charge on any atom is -0.354 e. The van der Waals surface area contributed by atoms with E-state index in [4.69, 9.17) is 25.8 Å². The Morgan fingerprint density at radius 2 is 1.68 bits per heavy atom. The molecule has 2 amide bonds. The predicted molar refractivity (Wildman–Crippen MR) is 88.0 cm³/mol. The number of ether oxygens (including phenoxy) is 3. The highest BCUT2D eigenvalue weighted by Crippen LogP contribution is 2.59. The van der Waals surface area contributed by atoms with Crippen LogP contribution in [0.3, 0.4) is 0 Å². The summed E-state index contributed by atoms with van der Waals surface area (Å²) in [6, 6.07) is 6.67. The van der Waals surface area contributed by atoms with Gasteiger partial charge in [-0.3, -0.25) is 9.59 Å². The number of fused-ring (bicyclic) bond motifs is 5. The number of halogens is 1. The van der Waals surface area contributed by atoms with Crippen LogP contribution in [0.2, 0.25) is 5.02 Å². The Hall–Kier alpha value is -1.73. The largest absolute Gasteiger partial charge is 0.354 e. The van der Waals surface area contributed by atoms with Crippen LogP contribution in [0.25, 0.3) is 0 Å². The average Bonchev–Trinajstić information content (AvgIpc) is 3.31. The monoisotopic (exact) mass is 361 g/mol. The van der Waals surface area contributed by atoms with Gasteiger partial charge in [-0.2, -0.15) is 0 Å². The van der Waals surface area contributed by atoms with Crippen molar-refractivity contribution < 1.29 is 23.8 Å². The number of benzene rings is 1. The van der Waals surface area contributed by atoms with Gasteiger partial charge in [0.15, 0.2) is 11.9 Å². The van der Waals surface area contributed by atoms with Crippen LogP contribution in [0.4, 0.5) is 5.69 Å². The fourth-order valence-electron chi connectivity index (χ4n) is 4.52. The first-order valence-electron chi connectivity index (χ1n) is 8.23. The van der Waals surface area contributed by atoms with Gasteiger partial charge in [0.25, 0.3) is 0 Å². The first-order chi connectivity index (χ1) is 12.0. The minimum absolute atomic E-state index is 0.260. The number of carbonyl (C=O) groups excluding carboxylic acids is 2. The van der Waals surface area contributed by atoms with Crippen LogP contribution in [-0.4, -0.2) is 42.5 Å². The Balaban J connectivity index is 1.59. The molecule has 1 aromatic carbocycles. The summed E-state index contributed by atoms with van der Waals surface area (Å²) in [5.41, 5.74) is -1.38. The molecule has 0 N–H and O–H groups in total. The van der Waals surface area contributed by atoms with E-state index in [0.29, 0.717) is 23.9 Å². The zero-order chi connectivity index (χ0) is 17.4. The lowest BCUT2D eigenvalue weighted by molar-refractivity contribution is -0.190. The molecule has 3 saturated heterocycles. The van der Waals surface area contributed by atoms with Crippen molar-refractivity contribution in [2.75, 3.05) is 18.1 Å². The number of hydrogen-bond donors (Lipinski definition) is 0. The van der Waals surface area contributed by atoms with Crippen LogP contribution in [-0.2, 0) is 23.8 Å². The van der Waals surface area contributed by atoms with Gasteiger partial charge in [-0.05, 0) is 37.3 Å². The smallest absolute Gasteiger partial charge is 0.241 e. The van der Waals surface area contributed by atoms with E-state index >= 15 is 0 Å². The first-order valence-corrected chi connectivity index (χ1v) is 8.61. The molecule has 4 heterocycles. The van der Waals surface area contributed by atoms with E-state index in [1.165, 1.54) is 4.90 Å². The van der Waals surface area contributed by atoms with Gasteiger partial charge < -0.3 is 14.2 Å². The summed E-state index contributed by atoms with van der Waals surface area (Å²) in [6.45, 7) is 2.73. The Kier molecular flexibility index (Phi) is 3.05. The molecule has 7 heteroatoms. The van der Waals surface area contributed by atoms with Crippen LogP contribution < -0.4 is 4.90 Å². The Morgan fingerprint density at radius 3 is 2.36 bits per heavy atom. The quantitative estimate of drug-likeness (QED) is 0.595. The first kappa shape index (κ1) is 15.5. The second-order valence-electron chi connectivity index (χ2n) is 6.99. The lowest BCUT2D eigenvalue weighted by atomic mass is 9.72. The van der Waals surface area contributed by atoms with Crippen molar-refractivity contribution in [3.8, 4) is 0 Å². The molecule has 0 unspecified atom stereocenters. The Morgan fingerprint density at radius 1 is 1.04 bits per heavy atom. The van der Waals surface area contributed by atoms with Crippen molar-refractivity contribution in [2.45, 2.75) is 24.4 Å². The van der Waals surface area contributed by atoms with Gasteiger partial charge in [0.1, 0.15) is 0 Å². The third-order valence-corrected chi connectivity index (χ3v) is 5.81. The molecule has 2 bridgehead atoms. The van der Waals surface area contributed by atoms with E-state index in [9.17, 15) is 9.59 Å². The molecule has 4 aliphatic rings. The van der Waals surface area contributed by atoms with Crippen molar-refractivity contribution in [1.82, 2.24) is 0 Å². The maximum absolute atomic E-state index is 13.2. The van der Waals surface area contributed by atoms with Gasteiger partial charge in [-0.15, -0.1) is 0 Å².